The van der Waals surface area contributed by atoms with Gasteiger partial charge in [0.05, 0.1) is 11.1 Å². The maximum absolute atomic E-state index is 11.2. The number of carbonyl (C=O) groups excluding carboxylic acids is 1. The first-order valence-corrected chi connectivity index (χ1v) is 3.70. The summed E-state index contributed by atoms with van der Waals surface area (Å²) in [4.78, 5) is 21.9. The van der Waals surface area contributed by atoms with Gasteiger partial charge in [0, 0.05) is 5.69 Å². The zero-order chi connectivity index (χ0) is 10.7. The third-order valence-corrected chi connectivity index (χ3v) is 1.69. The molecule has 0 aromatic heterocycles. The number of nitrogen functional groups attached to an aromatic ring is 2. The van der Waals surface area contributed by atoms with Crippen LogP contribution in [0.15, 0.2) is 18.2 Å². The average molecular weight is 195 g/mol. The summed E-state index contributed by atoms with van der Waals surface area (Å²) in [7, 11) is 0. The lowest BCUT2D eigenvalue weighted by Gasteiger charge is -2.06. The molecule has 14 heavy (non-hydrogen) atoms. The number of hydrazine groups is 1. The first-order valence-electron chi connectivity index (χ1n) is 3.70. The third kappa shape index (κ3) is 1.64. The van der Waals surface area contributed by atoms with Crippen LogP contribution >= 0.6 is 0 Å². The molecule has 0 spiro atoms. The SMILES string of the molecule is NNC(=O)c1c(N)cccc1C(=O)O. The van der Waals surface area contributed by atoms with Crippen LogP contribution in [0.4, 0.5) is 5.69 Å². The van der Waals surface area contributed by atoms with Gasteiger partial charge in [-0.2, -0.15) is 0 Å². The highest BCUT2D eigenvalue weighted by Gasteiger charge is 2.17. The fourth-order valence-corrected chi connectivity index (χ4v) is 1.07. The summed E-state index contributed by atoms with van der Waals surface area (Å²) in [6.45, 7) is 0. The van der Waals surface area contributed by atoms with Gasteiger partial charge in [-0.05, 0) is 12.1 Å². The Hall–Kier alpha value is -2.08. The molecule has 0 aliphatic carbocycles. The number of hydrogen-bond acceptors (Lipinski definition) is 4. The summed E-state index contributed by atoms with van der Waals surface area (Å²) < 4.78 is 0. The fraction of sp³-hybridized carbons (Fsp3) is 0. The standard InChI is InChI=1S/C8H9N3O3/c9-5-3-1-2-4(8(13)14)6(5)7(12)11-10/h1-3H,9-10H2,(H,11,12)(H,13,14). The molecule has 0 fully saturated rings. The van der Waals surface area contributed by atoms with E-state index in [4.69, 9.17) is 16.7 Å². The van der Waals surface area contributed by atoms with Crippen LogP contribution in [-0.2, 0) is 0 Å². The highest BCUT2D eigenvalue weighted by Crippen LogP contribution is 2.16. The van der Waals surface area contributed by atoms with Crippen LogP contribution in [0.2, 0.25) is 0 Å². The Labute approximate surface area is 79.5 Å². The molecule has 1 amide bonds. The monoisotopic (exact) mass is 195 g/mol. The Morgan fingerprint density at radius 3 is 2.50 bits per heavy atom. The maximum Gasteiger partial charge on any atom is 0.336 e. The lowest BCUT2D eigenvalue weighted by atomic mass is 10.1. The molecule has 0 atom stereocenters. The number of carboxylic acid groups (broad SMARTS) is 1. The number of aromatic carboxylic acids is 1. The van der Waals surface area contributed by atoms with Crippen molar-refractivity contribution in [2.24, 2.45) is 5.84 Å². The second-order valence-corrected chi connectivity index (χ2v) is 2.55. The van der Waals surface area contributed by atoms with Crippen LogP contribution in [-0.4, -0.2) is 17.0 Å². The minimum absolute atomic E-state index is 0.0767. The second-order valence-electron chi connectivity index (χ2n) is 2.55. The first-order chi connectivity index (χ1) is 6.57. The topological polar surface area (TPSA) is 118 Å². The van der Waals surface area contributed by atoms with E-state index in [-0.39, 0.29) is 16.8 Å². The summed E-state index contributed by atoms with van der Waals surface area (Å²) in [5.41, 5.74) is 7.07. The first kappa shape index (κ1) is 10.0. The number of nitrogens with one attached hydrogen (secondary N) is 1. The number of benzene rings is 1. The van der Waals surface area contributed by atoms with Gasteiger partial charge in [-0.3, -0.25) is 10.2 Å². The van der Waals surface area contributed by atoms with E-state index in [2.05, 4.69) is 0 Å². The highest BCUT2D eigenvalue weighted by molar-refractivity contribution is 6.08. The summed E-state index contributed by atoms with van der Waals surface area (Å²) in [5.74, 6) is 2.95. The molecule has 0 heterocycles. The van der Waals surface area contributed by atoms with Gasteiger partial charge in [0.1, 0.15) is 0 Å². The lowest BCUT2D eigenvalue weighted by molar-refractivity contribution is 0.0691. The minimum Gasteiger partial charge on any atom is -0.478 e. The molecule has 0 aliphatic rings. The zero-order valence-corrected chi connectivity index (χ0v) is 7.15. The predicted octanol–water partition coefficient (Wildman–Crippen LogP) is -0.430. The van der Waals surface area contributed by atoms with Gasteiger partial charge in [-0.25, -0.2) is 10.6 Å². The number of amides is 1. The largest absolute Gasteiger partial charge is 0.478 e. The van der Waals surface area contributed by atoms with E-state index in [9.17, 15) is 9.59 Å². The van der Waals surface area contributed by atoms with E-state index >= 15 is 0 Å². The quantitative estimate of drug-likeness (QED) is 0.221. The fourth-order valence-electron chi connectivity index (χ4n) is 1.07. The molecule has 0 saturated carbocycles. The van der Waals surface area contributed by atoms with Gasteiger partial charge in [0.2, 0.25) is 0 Å². The number of anilines is 1. The number of rotatable bonds is 2. The maximum atomic E-state index is 11.2. The summed E-state index contributed by atoms with van der Waals surface area (Å²) in [5, 5.41) is 8.76. The predicted molar refractivity (Wildman–Crippen MR) is 49.5 cm³/mol. The lowest BCUT2D eigenvalue weighted by Crippen LogP contribution is -2.32. The van der Waals surface area contributed by atoms with E-state index in [0.717, 1.165) is 0 Å². The Balaban J connectivity index is 3.36. The van der Waals surface area contributed by atoms with E-state index in [0.29, 0.717) is 0 Å². The van der Waals surface area contributed by atoms with Crippen molar-refractivity contribution in [1.29, 1.82) is 0 Å². The van der Waals surface area contributed by atoms with Gasteiger partial charge >= 0.3 is 5.97 Å². The summed E-state index contributed by atoms with van der Waals surface area (Å²) in [6.07, 6.45) is 0. The number of hydrogen-bond donors (Lipinski definition) is 4. The molecular weight excluding hydrogens is 186 g/mol. The van der Waals surface area contributed by atoms with Crippen molar-refractivity contribution in [1.82, 2.24) is 5.43 Å². The van der Waals surface area contributed by atoms with Crippen molar-refractivity contribution in [2.75, 3.05) is 5.73 Å². The molecule has 0 unspecified atom stereocenters. The van der Waals surface area contributed by atoms with E-state index < -0.39 is 11.9 Å². The average Bonchev–Trinajstić information content (AvgIpc) is 2.16. The molecule has 6 N–H and O–H groups in total. The van der Waals surface area contributed by atoms with Gasteiger partial charge in [0.25, 0.3) is 5.91 Å². The Morgan fingerprint density at radius 1 is 1.36 bits per heavy atom. The van der Waals surface area contributed by atoms with Crippen LogP contribution in [0.5, 0.6) is 0 Å². The molecular formula is C8H9N3O3. The summed E-state index contributed by atoms with van der Waals surface area (Å²) >= 11 is 0. The van der Waals surface area contributed by atoms with Crippen LogP contribution in [0.25, 0.3) is 0 Å². The van der Waals surface area contributed by atoms with Crippen LogP contribution in [0.3, 0.4) is 0 Å². The number of carbonyl (C=O) groups is 2. The third-order valence-electron chi connectivity index (χ3n) is 1.69. The molecule has 1 aromatic carbocycles. The van der Waals surface area contributed by atoms with Gasteiger partial charge in [-0.1, -0.05) is 6.07 Å². The second kappa shape index (κ2) is 3.75. The highest BCUT2D eigenvalue weighted by atomic mass is 16.4. The van der Waals surface area contributed by atoms with Crippen LogP contribution in [0, 0.1) is 0 Å². The van der Waals surface area contributed by atoms with E-state index in [1.165, 1.54) is 18.2 Å². The molecule has 6 nitrogen and oxygen atoms in total. The van der Waals surface area contributed by atoms with Gasteiger partial charge in [0.15, 0.2) is 0 Å². The van der Waals surface area contributed by atoms with E-state index in [1.807, 2.05) is 5.43 Å². The summed E-state index contributed by atoms with van der Waals surface area (Å²) in [6, 6.07) is 4.16. The minimum atomic E-state index is -1.23. The van der Waals surface area contributed by atoms with Crippen molar-refractivity contribution >= 4 is 17.6 Å². The number of carboxylic acids is 1. The molecule has 1 aromatic rings. The van der Waals surface area contributed by atoms with Crippen LogP contribution in [0.1, 0.15) is 20.7 Å². The van der Waals surface area contributed by atoms with Gasteiger partial charge in [-0.15, -0.1) is 0 Å². The molecule has 0 saturated heterocycles. The molecule has 0 radical (unpaired) electrons. The Morgan fingerprint density at radius 2 is 2.00 bits per heavy atom. The molecule has 1 rings (SSSR count). The van der Waals surface area contributed by atoms with Crippen molar-refractivity contribution in [2.45, 2.75) is 0 Å². The van der Waals surface area contributed by atoms with Crippen molar-refractivity contribution in [3.8, 4) is 0 Å². The molecule has 74 valence electrons. The van der Waals surface area contributed by atoms with Crippen molar-refractivity contribution < 1.29 is 14.7 Å². The van der Waals surface area contributed by atoms with Crippen molar-refractivity contribution in [3.63, 3.8) is 0 Å². The van der Waals surface area contributed by atoms with Gasteiger partial charge < -0.3 is 10.8 Å². The van der Waals surface area contributed by atoms with E-state index in [1.54, 1.807) is 0 Å². The van der Waals surface area contributed by atoms with Crippen LogP contribution < -0.4 is 17.0 Å². The smallest absolute Gasteiger partial charge is 0.336 e. The Kier molecular flexibility index (Phi) is 2.68. The molecule has 0 bridgehead atoms. The molecule has 6 heteroatoms. The zero-order valence-electron chi connectivity index (χ0n) is 7.15. The number of nitrogens with two attached hydrogens (primary N) is 2. The Bertz CT molecular complexity index is 389. The molecule has 0 aliphatic heterocycles. The van der Waals surface area contributed by atoms with Crippen molar-refractivity contribution in [3.05, 3.63) is 29.3 Å². The normalized spacial score (nSPS) is 9.50.